The van der Waals surface area contributed by atoms with E-state index in [-0.39, 0.29) is 18.0 Å². The first-order valence-corrected chi connectivity index (χ1v) is 11.1. The van der Waals surface area contributed by atoms with Crippen molar-refractivity contribution in [2.75, 3.05) is 32.6 Å². The number of nitrogens with zero attached hydrogens (tertiary/aromatic N) is 4. The molecule has 2 N–H and O–H groups in total. The van der Waals surface area contributed by atoms with Gasteiger partial charge in [-0.2, -0.15) is 0 Å². The number of hydrogen-bond donors (Lipinski definition) is 2. The number of anilines is 1. The molecule has 0 radical (unpaired) electrons. The lowest BCUT2D eigenvalue weighted by molar-refractivity contribution is -0.122. The number of ether oxygens (including phenoxy) is 1. The van der Waals surface area contributed by atoms with Crippen LogP contribution in [0, 0.1) is 5.82 Å². The van der Waals surface area contributed by atoms with Crippen molar-refractivity contribution in [2.24, 2.45) is 0 Å². The van der Waals surface area contributed by atoms with E-state index in [4.69, 9.17) is 14.6 Å². The molecular weight excluding hydrogens is 463 g/mol. The van der Waals surface area contributed by atoms with Crippen molar-refractivity contribution < 1.29 is 27.8 Å². The van der Waals surface area contributed by atoms with E-state index in [2.05, 4.69) is 32.2 Å². The third kappa shape index (κ3) is 5.97. The summed E-state index contributed by atoms with van der Waals surface area (Å²) in [6.45, 7) is 3.43. The number of methoxy groups -OCH3 is 1. The first-order valence-electron chi connectivity index (χ1n) is 11.1. The Hall–Kier alpha value is -3.47. The SMILES string of the molecule is COc1nc(C2CCN(C)CC2)cc2c(N[C@H](C)c3cccc(C(F)F)c3F)ncnc12.O=CO. The smallest absolute Gasteiger partial charge is 0.290 e. The highest BCUT2D eigenvalue weighted by Gasteiger charge is 2.24. The Morgan fingerprint density at radius 2 is 1.89 bits per heavy atom. The van der Waals surface area contributed by atoms with Crippen molar-refractivity contribution >= 4 is 23.2 Å². The quantitative estimate of drug-likeness (QED) is 0.475. The highest BCUT2D eigenvalue weighted by Crippen LogP contribution is 2.35. The van der Waals surface area contributed by atoms with Gasteiger partial charge in [-0.25, -0.2) is 28.1 Å². The third-order valence-corrected chi connectivity index (χ3v) is 6.05. The van der Waals surface area contributed by atoms with Gasteiger partial charge in [0.15, 0.2) is 0 Å². The second kappa shape index (κ2) is 11.8. The Kier molecular flexibility index (Phi) is 8.80. The molecule has 4 rings (SSSR count). The fourth-order valence-electron chi connectivity index (χ4n) is 4.18. The molecule has 8 nitrogen and oxygen atoms in total. The van der Waals surface area contributed by atoms with Crippen LogP contribution in [0.2, 0.25) is 0 Å². The summed E-state index contributed by atoms with van der Waals surface area (Å²) in [6.07, 6.45) is 0.463. The zero-order valence-electron chi connectivity index (χ0n) is 19.7. The van der Waals surface area contributed by atoms with E-state index in [0.29, 0.717) is 22.6 Å². The molecule has 1 saturated heterocycles. The van der Waals surface area contributed by atoms with Gasteiger partial charge in [0.25, 0.3) is 12.9 Å². The molecule has 2 aromatic heterocycles. The van der Waals surface area contributed by atoms with Gasteiger partial charge in [-0.05, 0) is 46.0 Å². The summed E-state index contributed by atoms with van der Waals surface area (Å²) < 4.78 is 46.4. The van der Waals surface area contributed by atoms with E-state index in [0.717, 1.165) is 37.7 Å². The number of piperidine rings is 1. The first-order chi connectivity index (χ1) is 16.8. The van der Waals surface area contributed by atoms with Crippen LogP contribution in [0.15, 0.2) is 30.6 Å². The molecule has 1 aliphatic heterocycles. The van der Waals surface area contributed by atoms with Crippen molar-refractivity contribution in [3.05, 3.63) is 53.2 Å². The Balaban J connectivity index is 0.00000108. The maximum absolute atomic E-state index is 14.7. The molecule has 35 heavy (non-hydrogen) atoms. The number of likely N-dealkylation sites (tertiary alicyclic amines) is 1. The normalized spacial score (nSPS) is 15.4. The first kappa shape index (κ1) is 26.1. The van der Waals surface area contributed by atoms with Crippen LogP contribution < -0.4 is 10.1 Å². The molecule has 1 fully saturated rings. The standard InChI is InChI=1S/C23H26F3N5O.CH2O2/c1-13(15-5-4-6-16(19(15)24)21(25)26)29-22-17-11-18(14-7-9-31(2)10-8-14)30-23(32-3)20(17)27-12-28-22;2-1-3/h4-6,11-14,21H,7-10H2,1-3H3,(H,27,28,29);1H,(H,2,3)/t13-;/m1./s1. The molecular formula is C24H28F3N5O3. The van der Waals surface area contributed by atoms with Crippen molar-refractivity contribution in [1.82, 2.24) is 19.9 Å². The Morgan fingerprint density at radius 1 is 1.23 bits per heavy atom. The zero-order chi connectivity index (χ0) is 25.5. The Morgan fingerprint density at radius 3 is 2.51 bits per heavy atom. The number of rotatable bonds is 6. The van der Waals surface area contributed by atoms with E-state index in [1.165, 1.54) is 18.5 Å². The summed E-state index contributed by atoms with van der Waals surface area (Å²) in [4.78, 5) is 24.0. The lowest BCUT2D eigenvalue weighted by Gasteiger charge is -2.29. The fraction of sp³-hybridized carbons (Fsp3) is 0.417. The number of hydrogen-bond acceptors (Lipinski definition) is 7. The number of fused-ring (bicyclic) bond motifs is 1. The summed E-state index contributed by atoms with van der Waals surface area (Å²) in [5, 5.41) is 10.8. The third-order valence-electron chi connectivity index (χ3n) is 6.05. The van der Waals surface area contributed by atoms with Gasteiger partial charge >= 0.3 is 0 Å². The van der Waals surface area contributed by atoms with Crippen molar-refractivity contribution in [3.63, 3.8) is 0 Å². The number of alkyl halides is 2. The molecule has 0 aliphatic carbocycles. The number of nitrogens with one attached hydrogen (secondary N) is 1. The van der Waals surface area contributed by atoms with Crippen LogP contribution in [-0.2, 0) is 4.79 Å². The molecule has 1 aromatic carbocycles. The van der Waals surface area contributed by atoms with Gasteiger partial charge in [0, 0.05) is 17.2 Å². The van der Waals surface area contributed by atoms with Gasteiger partial charge in [-0.1, -0.05) is 18.2 Å². The van der Waals surface area contributed by atoms with Gasteiger partial charge in [0.1, 0.15) is 23.5 Å². The van der Waals surface area contributed by atoms with Gasteiger partial charge < -0.3 is 20.1 Å². The number of benzene rings is 1. The van der Waals surface area contributed by atoms with Crippen LogP contribution in [-0.4, -0.2) is 58.7 Å². The topological polar surface area (TPSA) is 100 Å². The summed E-state index contributed by atoms with van der Waals surface area (Å²) in [5.41, 5.74) is 0.972. The highest BCUT2D eigenvalue weighted by molar-refractivity contribution is 5.92. The largest absolute Gasteiger partial charge is 0.483 e. The molecule has 0 bridgehead atoms. The van der Waals surface area contributed by atoms with Crippen LogP contribution >= 0.6 is 0 Å². The van der Waals surface area contributed by atoms with Crippen LogP contribution in [0.4, 0.5) is 19.0 Å². The van der Waals surface area contributed by atoms with E-state index < -0.39 is 23.8 Å². The summed E-state index contributed by atoms with van der Waals surface area (Å²) >= 11 is 0. The van der Waals surface area contributed by atoms with Crippen molar-refractivity contribution in [1.29, 1.82) is 0 Å². The number of pyridine rings is 1. The molecule has 11 heteroatoms. The van der Waals surface area contributed by atoms with Crippen molar-refractivity contribution in [2.45, 2.75) is 38.2 Å². The molecule has 3 aromatic rings. The van der Waals surface area contributed by atoms with Crippen molar-refractivity contribution in [3.8, 4) is 5.88 Å². The molecule has 0 amide bonds. The second-order valence-electron chi connectivity index (χ2n) is 8.27. The number of carbonyl (C=O) groups is 1. The minimum atomic E-state index is -2.88. The average molecular weight is 492 g/mol. The maximum Gasteiger partial charge on any atom is 0.290 e. The van der Waals surface area contributed by atoms with Gasteiger partial charge in [-0.15, -0.1) is 0 Å². The maximum atomic E-state index is 14.7. The summed E-state index contributed by atoms with van der Waals surface area (Å²) in [7, 11) is 3.65. The second-order valence-corrected chi connectivity index (χ2v) is 8.27. The van der Waals surface area contributed by atoms with Crippen LogP contribution in [0.1, 0.15) is 55.0 Å². The Labute approximate surface area is 201 Å². The monoisotopic (exact) mass is 491 g/mol. The molecule has 3 heterocycles. The summed E-state index contributed by atoms with van der Waals surface area (Å²) in [5.74, 6) is 0.252. The zero-order valence-corrected chi connectivity index (χ0v) is 19.7. The van der Waals surface area contributed by atoms with Crippen LogP contribution in [0.3, 0.4) is 0 Å². The van der Waals surface area contributed by atoms with E-state index in [1.807, 2.05) is 6.07 Å². The number of halogens is 3. The molecule has 0 saturated carbocycles. The van der Waals surface area contributed by atoms with Crippen LogP contribution in [0.5, 0.6) is 5.88 Å². The lowest BCUT2D eigenvalue weighted by Crippen LogP contribution is -2.29. The highest BCUT2D eigenvalue weighted by atomic mass is 19.3. The molecule has 1 atom stereocenters. The average Bonchev–Trinajstić information content (AvgIpc) is 2.84. The Bertz CT molecular complexity index is 1160. The minimum Gasteiger partial charge on any atom is -0.483 e. The predicted molar refractivity (Wildman–Crippen MR) is 125 cm³/mol. The van der Waals surface area contributed by atoms with E-state index in [9.17, 15) is 13.2 Å². The van der Waals surface area contributed by atoms with E-state index in [1.54, 1.807) is 14.0 Å². The molecule has 1 aliphatic rings. The summed E-state index contributed by atoms with van der Waals surface area (Å²) in [6, 6.07) is 5.38. The predicted octanol–water partition coefficient (Wildman–Crippen LogP) is 4.79. The molecule has 0 unspecified atom stereocenters. The molecule has 0 spiro atoms. The fourth-order valence-corrected chi connectivity index (χ4v) is 4.18. The lowest BCUT2D eigenvalue weighted by atomic mass is 9.92. The van der Waals surface area contributed by atoms with Gasteiger partial charge in [-0.3, -0.25) is 4.79 Å². The van der Waals surface area contributed by atoms with Gasteiger partial charge in [0.2, 0.25) is 5.88 Å². The van der Waals surface area contributed by atoms with Gasteiger partial charge in [0.05, 0.1) is 24.1 Å². The van der Waals surface area contributed by atoms with Crippen LogP contribution in [0.25, 0.3) is 10.9 Å². The molecule has 188 valence electrons. The minimum absolute atomic E-state index is 0.145. The van der Waals surface area contributed by atoms with E-state index >= 15 is 0 Å². The number of aromatic nitrogens is 3. The number of carboxylic acid groups (broad SMARTS) is 1.